The molecule has 0 aromatic rings. The molecular weight excluding hydrogens is 234 g/mol. The lowest BCUT2D eigenvalue weighted by Crippen LogP contribution is -2.27. The quantitative estimate of drug-likeness (QED) is 0.698. The van der Waals surface area contributed by atoms with Crippen LogP contribution in [0.1, 0.15) is 0 Å². The first-order valence-corrected chi connectivity index (χ1v) is 5.52. The number of aldehydes is 1. The highest BCUT2D eigenvalue weighted by Gasteiger charge is 2.30. The predicted molar refractivity (Wildman–Crippen MR) is 66.4 cm³/mol. The summed E-state index contributed by atoms with van der Waals surface area (Å²) >= 11 is 0. The molecule has 1 aliphatic carbocycles. The van der Waals surface area contributed by atoms with Crippen molar-refractivity contribution in [1.29, 1.82) is 0 Å². The van der Waals surface area contributed by atoms with Crippen LogP contribution in [0.5, 0.6) is 0 Å². The molecule has 0 radical (unpaired) electrons. The number of allylic oxidation sites excluding steroid dienone is 2. The Morgan fingerprint density at radius 2 is 2.06 bits per heavy atom. The number of methoxy groups -OCH3 is 3. The fourth-order valence-electron chi connectivity index (χ4n) is 2.01. The second-order valence-corrected chi connectivity index (χ2v) is 3.85. The van der Waals surface area contributed by atoms with Gasteiger partial charge in [-0.05, 0) is 18.2 Å². The topological polar surface area (TPSA) is 57.1 Å². The molecule has 2 unspecified atom stereocenters. The Kier molecular flexibility index (Phi) is 3.74. The molecular formula is C13H15NO4. The highest BCUT2D eigenvalue weighted by molar-refractivity contribution is 6.14. The van der Waals surface area contributed by atoms with Crippen LogP contribution in [0, 0.1) is 0 Å². The van der Waals surface area contributed by atoms with Crippen molar-refractivity contribution in [3.63, 3.8) is 0 Å². The highest BCUT2D eigenvalue weighted by atomic mass is 16.5. The minimum absolute atomic E-state index is 0.143. The number of hydrogen-bond acceptors (Lipinski definition) is 5. The molecule has 5 heteroatoms. The van der Waals surface area contributed by atoms with Crippen molar-refractivity contribution >= 4 is 12.0 Å². The smallest absolute Gasteiger partial charge is 0.181 e. The summed E-state index contributed by atoms with van der Waals surface area (Å²) in [5.74, 6) is 0.494. The van der Waals surface area contributed by atoms with E-state index >= 15 is 0 Å². The molecule has 0 bridgehead atoms. The molecule has 0 N–H and O–H groups in total. The Bertz CT molecular complexity index is 473. The lowest BCUT2D eigenvalue weighted by molar-refractivity contribution is -0.106. The van der Waals surface area contributed by atoms with Gasteiger partial charge in [-0.25, -0.2) is 4.99 Å². The van der Waals surface area contributed by atoms with Gasteiger partial charge in [0.2, 0.25) is 0 Å². The average molecular weight is 249 g/mol. The van der Waals surface area contributed by atoms with E-state index in [0.29, 0.717) is 17.6 Å². The van der Waals surface area contributed by atoms with Gasteiger partial charge in [0.25, 0.3) is 0 Å². The van der Waals surface area contributed by atoms with Crippen LogP contribution in [0.2, 0.25) is 0 Å². The second kappa shape index (κ2) is 5.29. The number of aliphatic imine (C=N–C) groups is 1. The van der Waals surface area contributed by atoms with Gasteiger partial charge in [0, 0.05) is 19.8 Å². The Morgan fingerprint density at radius 1 is 1.28 bits per heavy atom. The summed E-state index contributed by atoms with van der Waals surface area (Å²) in [6, 6.07) is 0. The van der Waals surface area contributed by atoms with Gasteiger partial charge in [0.15, 0.2) is 12.5 Å². The van der Waals surface area contributed by atoms with Crippen molar-refractivity contribution in [3.8, 4) is 0 Å². The van der Waals surface area contributed by atoms with Crippen LogP contribution in [-0.4, -0.2) is 45.7 Å². The maximum Gasteiger partial charge on any atom is 0.181 e. The molecule has 2 atom stereocenters. The molecule has 0 aromatic carbocycles. The van der Waals surface area contributed by atoms with Crippen molar-refractivity contribution in [2.24, 2.45) is 4.99 Å². The van der Waals surface area contributed by atoms with Crippen LogP contribution in [0.15, 0.2) is 40.1 Å². The van der Waals surface area contributed by atoms with Gasteiger partial charge in [-0.2, -0.15) is 0 Å². The van der Waals surface area contributed by atoms with Gasteiger partial charge in [0.05, 0.1) is 24.5 Å². The van der Waals surface area contributed by atoms with E-state index < -0.39 is 6.23 Å². The molecule has 0 aromatic heterocycles. The molecule has 1 aliphatic heterocycles. The number of rotatable bonds is 4. The highest BCUT2D eigenvalue weighted by Crippen LogP contribution is 2.29. The van der Waals surface area contributed by atoms with Crippen LogP contribution < -0.4 is 0 Å². The number of carbonyl (C=O) groups excluding carboxylic acids is 1. The molecule has 2 aliphatic rings. The van der Waals surface area contributed by atoms with E-state index in [1.807, 2.05) is 18.2 Å². The van der Waals surface area contributed by atoms with Gasteiger partial charge in [-0.1, -0.05) is 0 Å². The van der Waals surface area contributed by atoms with Crippen molar-refractivity contribution in [2.45, 2.75) is 12.3 Å². The molecule has 0 spiro atoms. The number of hydrogen-bond donors (Lipinski definition) is 0. The summed E-state index contributed by atoms with van der Waals surface area (Å²) in [6.45, 7) is 0. The van der Waals surface area contributed by atoms with E-state index in [-0.39, 0.29) is 6.10 Å². The van der Waals surface area contributed by atoms with Gasteiger partial charge in [-0.3, -0.25) is 4.79 Å². The maximum atomic E-state index is 11.2. The van der Waals surface area contributed by atoms with E-state index in [1.54, 1.807) is 7.11 Å². The van der Waals surface area contributed by atoms with Crippen molar-refractivity contribution < 1.29 is 19.0 Å². The van der Waals surface area contributed by atoms with Gasteiger partial charge < -0.3 is 14.2 Å². The van der Waals surface area contributed by atoms with Crippen LogP contribution in [0.25, 0.3) is 0 Å². The number of nitrogens with zero attached hydrogens (tertiary/aromatic N) is 1. The number of dihydropyridines is 1. The third-order valence-electron chi connectivity index (χ3n) is 2.91. The van der Waals surface area contributed by atoms with Crippen molar-refractivity contribution in [1.82, 2.24) is 0 Å². The summed E-state index contributed by atoms with van der Waals surface area (Å²) in [5.41, 5.74) is 1.89. The molecule has 0 fully saturated rings. The maximum absolute atomic E-state index is 11.2. The third-order valence-corrected chi connectivity index (χ3v) is 2.91. The molecule has 1 heterocycles. The van der Waals surface area contributed by atoms with Gasteiger partial charge in [0.1, 0.15) is 5.76 Å². The summed E-state index contributed by atoms with van der Waals surface area (Å²) in [4.78, 5) is 15.5. The molecule has 96 valence electrons. The fourth-order valence-corrected chi connectivity index (χ4v) is 2.01. The Hall–Kier alpha value is -1.72. The van der Waals surface area contributed by atoms with Crippen LogP contribution in [0.3, 0.4) is 0 Å². The first-order chi connectivity index (χ1) is 8.74. The van der Waals surface area contributed by atoms with Crippen LogP contribution >= 0.6 is 0 Å². The molecule has 18 heavy (non-hydrogen) atoms. The van der Waals surface area contributed by atoms with Crippen molar-refractivity contribution in [2.75, 3.05) is 21.3 Å². The lowest BCUT2D eigenvalue weighted by Gasteiger charge is -2.26. The summed E-state index contributed by atoms with van der Waals surface area (Å²) in [6.07, 6.45) is 5.55. The van der Waals surface area contributed by atoms with Crippen LogP contribution in [-0.2, 0) is 19.0 Å². The molecule has 0 amide bonds. The first-order valence-electron chi connectivity index (χ1n) is 5.52. The number of ether oxygens (including phenoxy) is 3. The second-order valence-electron chi connectivity index (χ2n) is 3.85. The minimum atomic E-state index is -0.617. The Morgan fingerprint density at radius 3 is 2.61 bits per heavy atom. The molecule has 0 saturated carbocycles. The van der Waals surface area contributed by atoms with E-state index in [2.05, 4.69) is 4.99 Å². The summed E-state index contributed by atoms with van der Waals surface area (Å²) in [7, 11) is 4.64. The molecule has 0 saturated heterocycles. The predicted octanol–water partition coefficient (Wildman–Crippen LogP) is 1.02. The Balaban J connectivity index is 2.50. The Labute approximate surface area is 105 Å². The average Bonchev–Trinajstić information content (AvgIpc) is 2.44. The number of carbonyl (C=O) groups is 1. The zero-order valence-electron chi connectivity index (χ0n) is 10.5. The largest absolute Gasteiger partial charge is 0.495 e. The summed E-state index contributed by atoms with van der Waals surface area (Å²) < 4.78 is 15.7. The van der Waals surface area contributed by atoms with Crippen molar-refractivity contribution in [3.05, 3.63) is 35.1 Å². The van der Waals surface area contributed by atoms with E-state index in [1.165, 1.54) is 14.2 Å². The zero-order valence-corrected chi connectivity index (χ0v) is 10.5. The lowest BCUT2D eigenvalue weighted by atomic mass is 9.94. The molecule has 5 nitrogen and oxygen atoms in total. The van der Waals surface area contributed by atoms with E-state index in [9.17, 15) is 4.79 Å². The third kappa shape index (κ3) is 2.02. The van der Waals surface area contributed by atoms with Gasteiger partial charge in [-0.15, -0.1) is 0 Å². The minimum Gasteiger partial charge on any atom is -0.495 e. The summed E-state index contributed by atoms with van der Waals surface area (Å²) in [5, 5.41) is 0. The number of fused-ring (bicyclic) bond motifs is 1. The first kappa shape index (κ1) is 12.7. The SMILES string of the molecule is COC1=C(C=O)C(OC)N=C2C=CC(OC)C=C21. The fraction of sp³-hybridized carbons (Fsp3) is 0.385. The monoisotopic (exact) mass is 249 g/mol. The zero-order chi connectivity index (χ0) is 13.1. The van der Waals surface area contributed by atoms with E-state index in [0.717, 1.165) is 11.3 Å². The standard InChI is InChI=1S/C13H15NO4/c1-16-8-4-5-11-9(6-8)12(17-2)10(7-15)13(14-11)18-3/h4-8,13H,1-3H3. The van der Waals surface area contributed by atoms with E-state index in [4.69, 9.17) is 14.2 Å². The van der Waals surface area contributed by atoms with Gasteiger partial charge >= 0.3 is 0 Å². The normalized spacial score (nSPS) is 26.4. The van der Waals surface area contributed by atoms with Crippen LogP contribution in [0.4, 0.5) is 0 Å². The molecule has 2 rings (SSSR count).